The third kappa shape index (κ3) is 2.15. The predicted molar refractivity (Wildman–Crippen MR) is 88.5 cm³/mol. The molecule has 3 heteroatoms. The fraction of sp³-hybridized carbons (Fsp3) is 0.700. The molecular formula is C20H26N2O. The second-order valence-corrected chi connectivity index (χ2v) is 8.64. The molecule has 5 aliphatic rings. The van der Waals surface area contributed by atoms with Gasteiger partial charge in [-0.15, -0.1) is 0 Å². The number of hydrogen-bond acceptors (Lipinski definition) is 2. The van der Waals surface area contributed by atoms with Crippen molar-refractivity contribution < 1.29 is 4.79 Å². The summed E-state index contributed by atoms with van der Waals surface area (Å²) >= 11 is 0. The normalized spacial score (nSPS) is 41.5. The molecule has 6 rings (SSSR count). The molecule has 23 heavy (non-hydrogen) atoms. The number of hydrogen-bond donors (Lipinski definition) is 0. The molecule has 4 aliphatic carbocycles. The summed E-state index contributed by atoms with van der Waals surface area (Å²) in [5, 5.41) is 0. The first-order valence-corrected chi connectivity index (χ1v) is 9.44. The summed E-state index contributed by atoms with van der Waals surface area (Å²) in [6, 6.07) is 4.48. The molecule has 0 radical (unpaired) electrons. The van der Waals surface area contributed by atoms with Crippen molar-refractivity contribution >= 4 is 5.91 Å². The van der Waals surface area contributed by atoms with E-state index in [2.05, 4.69) is 22.0 Å². The molecule has 1 saturated heterocycles. The van der Waals surface area contributed by atoms with E-state index >= 15 is 0 Å². The third-order valence-corrected chi connectivity index (χ3v) is 7.10. The minimum absolute atomic E-state index is 0.00434. The van der Waals surface area contributed by atoms with Crippen LogP contribution in [-0.2, 0) is 4.79 Å². The molecule has 122 valence electrons. The van der Waals surface area contributed by atoms with Crippen molar-refractivity contribution in [3.63, 3.8) is 0 Å². The first-order chi connectivity index (χ1) is 11.2. The van der Waals surface area contributed by atoms with E-state index in [1.165, 1.54) is 44.1 Å². The highest BCUT2D eigenvalue weighted by molar-refractivity contribution is 5.84. The van der Waals surface area contributed by atoms with Crippen molar-refractivity contribution in [3.8, 4) is 0 Å². The highest BCUT2D eigenvalue weighted by atomic mass is 16.2. The van der Waals surface area contributed by atoms with Gasteiger partial charge >= 0.3 is 0 Å². The molecule has 5 fully saturated rings. The Labute approximate surface area is 138 Å². The molecule has 1 aromatic rings. The lowest BCUT2D eigenvalue weighted by atomic mass is 9.49. The molecule has 2 heterocycles. The number of rotatable bonds is 2. The topological polar surface area (TPSA) is 33.2 Å². The zero-order chi connectivity index (χ0) is 15.4. The van der Waals surface area contributed by atoms with Crippen LogP contribution in [0.3, 0.4) is 0 Å². The van der Waals surface area contributed by atoms with E-state index in [0.29, 0.717) is 11.9 Å². The second-order valence-electron chi connectivity index (χ2n) is 8.64. The van der Waals surface area contributed by atoms with E-state index in [9.17, 15) is 4.79 Å². The van der Waals surface area contributed by atoms with Crippen molar-refractivity contribution in [3.05, 3.63) is 30.1 Å². The van der Waals surface area contributed by atoms with Gasteiger partial charge in [-0.3, -0.25) is 9.78 Å². The molecule has 1 unspecified atom stereocenters. The van der Waals surface area contributed by atoms with Gasteiger partial charge in [-0.2, -0.15) is 0 Å². The van der Waals surface area contributed by atoms with E-state index < -0.39 is 0 Å². The minimum Gasteiger partial charge on any atom is -0.335 e. The summed E-state index contributed by atoms with van der Waals surface area (Å²) in [5.41, 5.74) is 1.28. The van der Waals surface area contributed by atoms with Gasteiger partial charge < -0.3 is 4.90 Å². The molecule has 1 aromatic heterocycles. The zero-order valence-electron chi connectivity index (χ0n) is 13.8. The quantitative estimate of drug-likeness (QED) is 0.828. The largest absolute Gasteiger partial charge is 0.335 e. The summed E-state index contributed by atoms with van der Waals surface area (Å²) in [6.07, 6.45) is 13.7. The molecular weight excluding hydrogens is 284 g/mol. The maximum absolute atomic E-state index is 13.6. The van der Waals surface area contributed by atoms with Gasteiger partial charge in [-0.25, -0.2) is 0 Å². The van der Waals surface area contributed by atoms with Crippen LogP contribution in [0.1, 0.15) is 63.0 Å². The first-order valence-electron chi connectivity index (χ1n) is 9.44. The number of pyridine rings is 1. The van der Waals surface area contributed by atoms with Gasteiger partial charge in [-0.05, 0) is 86.8 Å². The van der Waals surface area contributed by atoms with E-state index in [1.54, 1.807) is 0 Å². The minimum atomic E-state index is 0.00434. The monoisotopic (exact) mass is 310 g/mol. The van der Waals surface area contributed by atoms with Crippen LogP contribution in [0.5, 0.6) is 0 Å². The van der Waals surface area contributed by atoms with Gasteiger partial charge in [0.1, 0.15) is 0 Å². The smallest absolute Gasteiger partial charge is 0.229 e. The molecule has 0 aromatic carbocycles. The molecule has 0 spiro atoms. The maximum Gasteiger partial charge on any atom is 0.229 e. The van der Waals surface area contributed by atoms with Gasteiger partial charge in [-0.1, -0.05) is 0 Å². The van der Waals surface area contributed by atoms with Crippen molar-refractivity contribution in [2.45, 2.75) is 57.4 Å². The lowest BCUT2D eigenvalue weighted by molar-refractivity contribution is -0.158. The van der Waals surface area contributed by atoms with Crippen LogP contribution < -0.4 is 0 Å². The van der Waals surface area contributed by atoms with Crippen molar-refractivity contribution in [1.29, 1.82) is 0 Å². The average molecular weight is 310 g/mol. The van der Waals surface area contributed by atoms with Crippen LogP contribution in [0.15, 0.2) is 24.5 Å². The molecule has 1 amide bonds. The van der Waals surface area contributed by atoms with E-state index in [-0.39, 0.29) is 5.41 Å². The number of amides is 1. The standard InChI is InChI=1S/C20H26N2O/c23-19(20-11-14-8-15(12-20)10-16(9-14)13-20)22-7-1-2-18(22)17-3-5-21-6-4-17/h3-6,14-16,18H,1-2,7-13H2. The Morgan fingerprint density at radius 2 is 1.65 bits per heavy atom. The fourth-order valence-electron chi connectivity index (χ4n) is 6.62. The van der Waals surface area contributed by atoms with E-state index in [1.807, 2.05) is 12.4 Å². The van der Waals surface area contributed by atoms with Crippen LogP contribution in [0, 0.1) is 23.2 Å². The molecule has 1 aliphatic heterocycles. The SMILES string of the molecule is O=C(N1CCCC1c1ccncc1)C12CC3CC(CC(C3)C1)C2. The molecule has 4 saturated carbocycles. The molecule has 0 N–H and O–H groups in total. The Balaban J connectivity index is 1.44. The summed E-state index contributed by atoms with van der Waals surface area (Å²) in [5.74, 6) is 3.02. The molecule has 1 atom stereocenters. The molecule has 3 nitrogen and oxygen atoms in total. The van der Waals surface area contributed by atoms with Gasteiger partial charge in [0.25, 0.3) is 0 Å². The lowest BCUT2D eigenvalue weighted by Crippen LogP contribution is -2.54. The van der Waals surface area contributed by atoms with E-state index in [4.69, 9.17) is 0 Å². The summed E-state index contributed by atoms with van der Waals surface area (Å²) in [4.78, 5) is 20.0. The zero-order valence-corrected chi connectivity index (χ0v) is 13.8. The average Bonchev–Trinajstić information content (AvgIpc) is 3.03. The van der Waals surface area contributed by atoms with Crippen LogP contribution >= 0.6 is 0 Å². The Hall–Kier alpha value is -1.38. The highest BCUT2D eigenvalue weighted by Crippen LogP contribution is 2.61. The van der Waals surface area contributed by atoms with Crippen LogP contribution in [0.4, 0.5) is 0 Å². The van der Waals surface area contributed by atoms with Gasteiger partial charge in [0.15, 0.2) is 0 Å². The Bertz CT molecular complexity index is 576. The predicted octanol–water partition coefficient (Wildman–Crippen LogP) is 3.96. The van der Waals surface area contributed by atoms with Crippen molar-refractivity contribution in [1.82, 2.24) is 9.88 Å². The summed E-state index contributed by atoms with van der Waals surface area (Å²) < 4.78 is 0. The van der Waals surface area contributed by atoms with Crippen LogP contribution in [0.2, 0.25) is 0 Å². The lowest BCUT2D eigenvalue weighted by Gasteiger charge is -2.56. The number of likely N-dealkylation sites (tertiary alicyclic amines) is 1. The van der Waals surface area contributed by atoms with Crippen LogP contribution in [-0.4, -0.2) is 22.3 Å². The van der Waals surface area contributed by atoms with Crippen LogP contribution in [0.25, 0.3) is 0 Å². The van der Waals surface area contributed by atoms with Gasteiger partial charge in [0.05, 0.1) is 11.5 Å². The third-order valence-electron chi connectivity index (χ3n) is 7.10. The number of nitrogens with zero attached hydrogens (tertiary/aromatic N) is 2. The van der Waals surface area contributed by atoms with E-state index in [0.717, 1.165) is 37.1 Å². The number of carbonyl (C=O) groups excluding carboxylic acids is 1. The Morgan fingerprint density at radius 1 is 1.04 bits per heavy atom. The highest BCUT2D eigenvalue weighted by Gasteiger charge is 2.56. The summed E-state index contributed by atoms with van der Waals surface area (Å²) in [6.45, 7) is 0.952. The van der Waals surface area contributed by atoms with Gasteiger partial charge in [0.2, 0.25) is 5.91 Å². The molecule has 4 bridgehead atoms. The number of carbonyl (C=O) groups is 1. The van der Waals surface area contributed by atoms with Crippen molar-refractivity contribution in [2.75, 3.05) is 6.54 Å². The maximum atomic E-state index is 13.6. The fourth-order valence-corrected chi connectivity index (χ4v) is 6.62. The summed E-state index contributed by atoms with van der Waals surface area (Å²) in [7, 11) is 0. The number of aromatic nitrogens is 1. The Kier molecular flexibility index (Phi) is 3.08. The van der Waals surface area contributed by atoms with Gasteiger partial charge in [0, 0.05) is 18.9 Å². The Morgan fingerprint density at radius 3 is 2.26 bits per heavy atom. The second kappa shape index (κ2) is 5.06. The first kappa shape index (κ1) is 14.0. The van der Waals surface area contributed by atoms with Crippen molar-refractivity contribution in [2.24, 2.45) is 23.2 Å².